The lowest BCUT2D eigenvalue weighted by Gasteiger charge is -2.45. The van der Waals surface area contributed by atoms with Crippen LogP contribution in [-0.2, 0) is 12.0 Å². The number of benzene rings is 7. The van der Waals surface area contributed by atoms with Crippen molar-refractivity contribution in [1.82, 2.24) is 0 Å². The molecule has 7 aromatic carbocycles. The number of nitrogens with zero attached hydrogens (tertiary/aromatic N) is 1. The van der Waals surface area contributed by atoms with Gasteiger partial charge in [0.2, 0.25) is 0 Å². The molecule has 0 unspecified atom stereocenters. The molecule has 1 spiro atoms. The number of nitrogens with two attached hydrogens (primary N) is 1. The van der Waals surface area contributed by atoms with Gasteiger partial charge in [0, 0.05) is 12.2 Å². The standard InChI is InChI=1S/C44H32N2/c45-29-33-13-4-5-18-35(33)32-15-12-14-30(27-32)31-25-26-37-36-19-6-7-20-38(36)44(41(37)28-31)39-21-8-10-23-42(39)46(34-16-2-1-3-17-34)43-24-11-9-22-40(43)44/h1-28H,29,45H2. The van der Waals surface area contributed by atoms with E-state index in [0.717, 1.165) is 11.3 Å². The second kappa shape index (κ2) is 10.4. The van der Waals surface area contributed by atoms with Crippen molar-refractivity contribution in [1.29, 1.82) is 0 Å². The van der Waals surface area contributed by atoms with Crippen LogP contribution in [0.5, 0.6) is 0 Å². The molecule has 1 heterocycles. The van der Waals surface area contributed by atoms with E-state index in [4.69, 9.17) is 5.73 Å². The topological polar surface area (TPSA) is 29.3 Å². The third-order valence-corrected chi connectivity index (χ3v) is 9.90. The Hall–Kier alpha value is -5.70. The van der Waals surface area contributed by atoms with Gasteiger partial charge < -0.3 is 10.6 Å². The number of para-hydroxylation sites is 3. The lowest BCUT2D eigenvalue weighted by atomic mass is 9.64. The van der Waals surface area contributed by atoms with Crippen molar-refractivity contribution in [2.45, 2.75) is 12.0 Å². The molecule has 9 rings (SSSR count). The number of anilines is 3. The predicted molar refractivity (Wildman–Crippen MR) is 191 cm³/mol. The van der Waals surface area contributed by atoms with Gasteiger partial charge in [-0.15, -0.1) is 0 Å². The van der Waals surface area contributed by atoms with Gasteiger partial charge in [-0.2, -0.15) is 0 Å². The highest BCUT2D eigenvalue weighted by atomic mass is 15.2. The summed E-state index contributed by atoms with van der Waals surface area (Å²) in [6, 6.07) is 62.1. The zero-order valence-electron chi connectivity index (χ0n) is 25.4. The summed E-state index contributed by atoms with van der Waals surface area (Å²) in [6.45, 7) is 0.513. The fourth-order valence-corrected chi connectivity index (χ4v) is 7.99. The molecule has 1 aliphatic heterocycles. The number of fused-ring (bicyclic) bond motifs is 9. The van der Waals surface area contributed by atoms with E-state index in [1.165, 1.54) is 67.0 Å². The monoisotopic (exact) mass is 588 g/mol. The summed E-state index contributed by atoms with van der Waals surface area (Å²) < 4.78 is 0. The Morgan fingerprint density at radius 2 is 0.978 bits per heavy atom. The summed E-state index contributed by atoms with van der Waals surface area (Å²) in [6.07, 6.45) is 0. The lowest BCUT2D eigenvalue weighted by Crippen LogP contribution is -2.36. The lowest BCUT2D eigenvalue weighted by molar-refractivity contribution is 0.753. The molecule has 0 atom stereocenters. The Morgan fingerprint density at radius 3 is 1.72 bits per heavy atom. The smallest absolute Gasteiger partial charge is 0.0754 e. The number of hydrogen-bond donors (Lipinski definition) is 1. The average molecular weight is 589 g/mol. The molecule has 0 saturated carbocycles. The molecule has 0 bridgehead atoms. The van der Waals surface area contributed by atoms with E-state index in [1.54, 1.807) is 0 Å². The summed E-state index contributed by atoms with van der Waals surface area (Å²) in [4.78, 5) is 2.43. The SMILES string of the molecule is NCc1ccccc1-c1cccc(-c2ccc3c(c2)C2(c4ccccc4-3)c3ccccc3N(c3ccccc3)c3ccccc32)c1. The van der Waals surface area contributed by atoms with Crippen LogP contribution in [0.25, 0.3) is 33.4 Å². The van der Waals surface area contributed by atoms with Crippen LogP contribution in [0.1, 0.15) is 27.8 Å². The molecular weight excluding hydrogens is 556 g/mol. The van der Waals surface area contributed by atoms with Crippen molar-refractivity contribution >= 4 is 17.1 Å². The summed E-state index contributed by atoms with van der Waals surface area (Å²) in [5.74, 6) is 0. The summed E-state index contributed by atoms with van der Waals surface area (Å²) in [5.41, 5.74) is 23.0. The van der Waals surface area contributed by atoms with Crippen LogP contribution >= 0.6 is 0 Å². The van der Waals surface area contributed by atoms with E-state index in [-0.39, 0.29) is 0 Å². The third kappa shape index (κ3) is 3.74. The minimum atomic E-state index is -0.468. The van der Waals surface area contributed by atoms with Crippen LogP contribution in [0.4, 0.5) is 17.1 Å². The maximum Gasteiger partial charge on any atom is 0.0754 e. The van der Waals surface area contributed by atoms with Crippen LogP contribution in [0.15, 0.2) is 170 Å². The second-order valence-electron chi connectivity index (χ2n) is 12.2. The molecule has 0 saturated heterocycles. The molecule has 1 aliphatic carbocycles. The molecule has 2 aliphatic rings. The summed E-state index contributed by atoms with van der Waals surface area (Å²) in [5, 5.41) is 0. The van der Waals surface area contributed by atoms with Crippen molar-refractivity contribution in [3.8, 4) is 33.4 Å². The van der Waals surface area contributed by atoms with E-state index in [2.05, 4.69) is 175 Å². The largest absolute Gasteiger partial charge is 0.326 e. The van der Waals surface area contributed by atoms with Gasteiger partial charge in [0.05, 0.1) is 16.8 Å². The quantitative estimate of drug-likeness (QED) is 0.222. The van der Waals surface area contributed by atoms with Crippen LogP contribution in [-0.4, -0.2) is 0 Å². The Morgan fingerprint density at radius 1 is 0.413 bits per heavy atom. The van der Waals surface area contributed by atoms with E-state index >= 15 is 0 Å². The molecule has 0 radical (unpaired) electrons. The van der Waals surface area contributed by atoms with Gasteiger partial charge in [-0.25, -0.2) is 0 Å². The third-order valence-electron chi connectivity index (χ3n) is 9.90. The predicted octanol–water partition coefficient (Wildman–Crippen LogP) is 10.6. The molecule has 2 N–H and O–H groups in total. The van der Waals surface area contributed by atoms with Crippen molar-refractivity contribution < 1.29 is 0 Å². The van der Waals surface area contributed by atoms with Gasteiger partial charge in [-0.1, -0.05) is 133 Å². The van der Waals surface area contributed by atoms with Gasteiger partial charge >= 0.3 is 0 Å². The van der Waals surface area contributed by atoms with Crippen molar-refractivity contribution in [3.05, 3.63) is 198 Å². The molecule has 2 nitrogen and oxygen atoms in total. The number of rotatable bonds is 4. The molecule has 46 heavy (non-hydrogen) atoms. The Balaban J connectivity index is 1.32. The van der Waals surface area contributed by atoms with Crippen LogP contribution in [0.2, 0.25) is 0 Å². The number of hydrogen-bond acceptors (Lipinski definition) is 2. The normalized spacial score (nSPS) is 13.5. The second-order valence-corrected chi connectivity index (χ2v) is 12.2. The first-order chi connectivity index (χ1) is 22.8. The van der Waals surface area contributed by atoms with Crippen molar-refractivity contribution in [2.24, 2.45) is 5.73 Å². The van der Waals surface area contributed by atoms with Crippen LogP contribution in [0, 0.1) is 0 Å². The Kier molecular flexibility index (Phi) is 6.06. The first kappa shape index (κ1) is 26.7. The van der Waals surface area contributed by atoms with Gasteiger partial charge in [0.1, 0.15) is 0 Å². The van der Waals surface area contributed by atoms with E-state index < -0.39 is 5.41 Å². The molecule has 0 amide bonds. The summed E-state index contributed by atoms with van der Waals surface area (Å²) >= 11 is 0. The Bertz CT molecular complexity index is 2220. The van der Waals surface area contributed by atoms with Gasteiger partial charge in [-0.3, -0.25) is 0 Å². The van der Waals surface area contributed by atoms with Crippen LogP contribution in [0.3, 0.4) is 0 Å². The first-order valence-corrected chi connectivity index (χ1v) is 16.0. The van der Waals surface area contributed by atoms with Gasteiger partial charge in [0.25, 0.3) is 0 Å². The molecular formula is C44H32N2. The zero-order valence-corrected chi connectivity index (χ0v) is 25.4. The molecule has 0 aromatic heterocycles. The summed E-state index contributed by atoms with van der Waals surface area (Å²) in [7, 11) is 0. The van der Waals surface area contributed by atoms with Crippen molar-refractivity contribution in [3.63, 3.8) is 0 Å². The highest BCUT2D eigenvalue weighted by Crippen LogP contribution is 2.63. The average Bonchev–Trinajstić information content (AvgIpc) is 3.42. The van der Waals surface area contributed by atoms with E-state index in [0.29, 0.717) is 6.54 Å². The minimum Gasteiger partial charge on any atom is -0.326 e. The first-order valence-electron chi connectivity index (χ1n) is 16.0. The molecule has 2 heteroatoms. The Labute approximate surface area is 270 Å². The minimum absolute atomic E-state index is 0.468. The van der Waals surface area contributed by atoms with Crippen molar-refractivity contribution in [2.75, 3.05) is 4.90 Å². The van der Waals surface area contributed by atoms with E-state index in [9.17, 15) is 0 Å². The highest BCUT2D eigenvalue weighted by molar-refractivity contribution is 5.96. The fraction of sp³-hybridized carbons (Fsp3) is 0.0455. The van der Waals surface area contributed by atoms with Crippen LogP contribution < -0.4 is 10.6 Å². The maximum atomic E-state index is 6.14. The fourth-order valence-electron chi connectivity index (χ4n) is 7.99. The van der Waals surface area contributed by atoms with Gasteiger partial charge in [-0.05, 0) is 97.6 Å². The molecule has 218 valence electrons. The molecule has 0 fully saturated rings. The van der Waals surface area contributed by atoms with Gasteiger partial charge in [0.15, 0.2) is 0 Å². The van der Waals surface area contributed by atoms with E-state index in [1.807, 2.05) is 0 Å². The highest BCUT2D eigenvalue weighted by Gasteiger charge is 2.51. The molecule has 7 aromatic rings. The maximum absolute atomic E-state index is 6.14. The zero-order chi connectivity index (χ0) is 30.7.